The van der Waals surface area contributed by atoms with Crippen LogP contribution >= 0.6 is 11.8 Å². The van der Waals surface area contributed by atoms with Gasteiger partial charge in [0.15, 0.2) is 0 Å². The fourth-order valence-corrected chi connectivity index (χ4v) is 3.65. The molecule has 4 heteroatoms. The van der Waals surface area contributed by atoms with Gasteiger partial charge >= 0.3 is 0 Å². The molecule has 1 saturated heterocycles. The summed E-state index contributed by atoms with van der Waals surface area (Å²) in [6.07, 6.45) is 2.25. The fraction of sp³-hybridized carbons (Fsp3) is 0.600. The molecule has 1 atom stereocenters. The zero-order chi connectivity index (χ0) is 13.7. The first-order valence-electron chi connectivity index (χ1n) is 7.02. The van der Waals surface area contributed by atoms with Gasteiger partial charge in [0.1, 0.15) is 5.82 Å². The Labute approximate surface area is 119 Å². The van der Waals surface area contributed by atoms with E-state index in [2.05, 4.69) is 17.1 Å². The molecule has 1 N–H and O–H groups in total. The number of hydrogen-bond acceptors (Lipinski definition) is 3. The Kier molecular flexibility index (Phi) is 5.52. The van der Waals surface area contributed by atoms with Crippen molar-refractivity contribution in [2.24, 2.45) is 0 Å². The molecule has 1 aromatic carbocycles. The number of anilines is 1. The molecule has 2 rings (SSSR count). The third-order valence-corrected chi connectivity index (χ3v) is 4.75. The largest absolute Gasteiger partial charge is 0.368 e. The van der Waals surface area contributed by atoms with E-state index in [1.165, 1.54) is 5.75 Å². The lowest BCUT2D eigenvalue weighted by Crippen LogP contribution is -2.32. The van der Waals surface area contributed by atoms with Crippen LogP contribution in [0.2, 0.25) is 0 Å². The molecule has 1 heterocycles. The van der Waals surface area contributed by atoms with Gasteiger partial charge in [0.25, 0.3) is 0 Å². The lowest BCUT2D eigenvalue weighted by molar-refractivity contribution is 0.601. The minimum absolute atomic E-state index is 0.102. The van der Waals surface area contributed by atoms with Crippen LogP contribution in [-0.4, -0.2) is 31.1 Å². The van der Waals surface area contributed by atoms with Crippen LogP contribution in [0.1, 0.15) is 25.3 Å². The summed E-state index contributed by atoms with van der Waals surface area (Å²) in [6, 6.07) is 6.08. The van der Waals surface area contributed by atoms with Crippen LogP contribution in [0, 0.1) is 5.82 Å². The monoisotopic (exact) mass is 282 g/mol. The first-order chi connectivity index (χ1) is 9.22. The van der Waals surface area contributed by atoms with Gasteiger partial charge in [-0.05, 0) is 42.8 Å². The van der Waals surface area contributed by atoms with Crippen LogP contribution in [-0.2, 0) is 6.54 Å². The zero-order valence-electron chi connectivity index (χ0n) is 11.8. The minimum atomic E-state index is -0.102. The standard InChI is InChI=1S/C15H23FN2S/c1-3-7-17-10-12-4-5-15(14(16)9-12)18(2)13-6-8-19-11-13/h4-5,9,13,17H,3,6-8,10-11H2,1-2H3. The number of benzene rings is 1. The van der Waals surface area contributed by atoms with Crippen molar-refractivity contribution < 1.29 is 4.39 Å². The molecule has 0 aliphatic carbocycles. The van der Waals surface area contributed by atoms with Crippen molar-refractivity contribution in [1.29, 1.82) is 0 Å². The van der Waals surface area contributed by atoms with E-state index < -0.39 is 0 Å². The van der Waals surface area contributed by atoms with Crippen LogP contribution in [0.3, 0.4) is 0 Å². The molecule has 0 saturated carbocycles. The summed E-state index contributed by atoms with van der Waals surface area (Å²) in [7, 11) is 2.00. The Balaban J connectivity index is 2.01. The molecule has 1 aliphatic rings. The second-order valence-electron chi connectivity index (χ2n) is 5.09. The third-order valence-electron chi connectivity index (χ3n) is 3.60. The van der Waals surface area contributed by atoms with Crippen molar-refractivity contribution in [3.05, 3.63) is 29.6 Å². The summed E-state index contributed by atoms with van der Waals surface area (Å²) in [4.78, 5) is 2.10. The maximum Gasteiger partial charge on any atom is 0.146 e. The summed E-state index contributed by atoms with van der Waals surface area (Å²) < 4.78 is 14.2. The smallest absolute Gasteiger partial charge is 0.146 e. The highest BCUT2D eigenvalue weighted by atomic mass is 32.2. The first kappa shape index (κ1) is 14.7. The van der Waals surface area contributed by atoms with Gasteiger partial charge in [-0.15, -0.1) is 0 Å². The number of hydrogen-bond donors (Lipinski definition) is 1. The van der Waals surface area contributed by atoms with Gasteiger partial charge in [-0.1, -0.05) is 13.0 Å². The van der Waals surface area contributed by atoms with Crippen molar-refractivity contribution in [3.63, 3.8) is 0 Å². The van der Waals surface area contributed by atoms with Gasteiger partial charge in [-0.2, -0.15) is 11.8 Å². The van der Waals surface area contributed by atoms with E-state index in [0.29, 0.717) is 6.04 Å². The van der Waals surface area contributed by atoms with Gasteiger partial charge in [-0.3, -0.25) is 0 Å². The normalized spacial score (nSPS) is 18.8. The van der Waals surface area contributed by atoms with E-state index in [1.54, 1.807) is 6.07 Å². The Morgan fingerprint density at radius 2 is 2.32 bits per heavy atom. The zero-order valence-corrected chi connectivity index (χ0v) is 12.6. The predicted octanol–water partition coefficient (Wildman–Crippen LogP) is 3.27. The second-order valence-corrected chi connectivity index (χ2v) is 6.24. The highest BCUT2D eigenvalue weighted by Gasteiger charge is 2.22. The van der Waals surface area contributed by atoms with Crippen LogP contribution in [0.5, 0.6) is 0 Å². The molecule has 0 spiro atoms. The lowest BCUT2D eigenvalue weighted by Gasteiger charge is -2.26. The van der Waals surface area contributed by atoms with E-state index in [-0.39, 0.29) is 5.82 Å². The molecule has 0 bridgehead atoms. The molecule has 0 aromatic heterocycles. The van der Waals surface area contributed by atoms with Gasteiger partial charge in [0, 0.05) is 25.4 Å². The molecular formula is C15H23FN2S. The average molecular weight is 282 g/mol. The van der Waals surface area contributed by atoms with Gasteiger partial charge < -0.3 is 10.2 Å². The number of thioether (sulfide) groups is 1. The number of nitrogens with one attached hydrogen (secondary N) is 1. The predicted molar refractivity (Wildman–Crippen MR) is 82.5 cm³/mol. The van der Waals surface area contributed by atoms with E-state index in [1.807, 2.05) is 30.9 Å². The fourth-order valence-electron chi connectivity index (χ4n) is 2.38. The number of halogens is 1. The van der Waals surface area contributed by atoms with Gasteiger partial charge in [0.05, 0.1) is 5.69 Å². The SMILES string of the molecule is CCCNCc1ccc(N(C)C2CCSC2)c(F)c1. The Hall–Kier alpha value is -0.740. The highest BCUT2D eigenvalue weighted by Crippen LogP contribution is 2.28. The summed E-state index contributed by atoms with van der Waals surface area (Å²) in [5.74, 6) is 2.20. The van der Waals surface area contributed by atoms with E-state index >= 15 is 0 Å². The molecular weight excluding hydrogens is 259 g/mol. The van der Waals surface area contributed by atoms with Gasteiger partial charge in [0.2, 0.25) is 0 Å². The van der Waals surface area contributed by atoms with Crippen LogP contribution < -0.4 is 10.2 Å². The highest BCUT2D eigenvalue weighted by molar-refractivity contribution is 7.99. The molecule has 106 valence electrons. The average Bonchev–Trinajstić information content (AvgIpc) is 2.92. The number of nitrogens with zero attached hydrogens (tertiary/aromatic N) is 1. The molecule has 19 heavy (non-hydrogen) atoms. The van der Waals surface area contributed by atoms with Crippen LogP contribution in [0.15, 0.2) is 18.2 Å². The lowest BCUT2D eigenvalue weighted by atomic mass is 10.1. The van der Waals surface area contributed by atoms with Crippen molar-refractivity contribution in [2.45, 2.75) is 32.4 Å². The van der Waals surface area contributed by atoms with Gasteiger partial charge in [-0.25, -0.2) is 4.39 Å². The summed E-state index contributed by atoms with van der Waals surface area (Å²) in [6.45, 7) is 3.85. The Morgan fingerprint density at radius 3 is 2.95 bits per heavy atom. The van der Waals surface area contributed by atoms with E-state index in [4.69, 9.17) is 0 Å². The van der Waals surface area contributed by atoms with Crippen LogP contribution in [0.25, 0.3) is 0 Å². The van der Waals surface area contributed by atoms with E-state index in [9.17, 15) is 4.39 Å². The van der Waals surface area contributed by atoms with Crippen molar-refractivity contribution in [3.8, 4) is 0 Å². The summed E-state index contributed by atoms with van der Waals surface area (Å²) in [5, 5.41) is 3.30. The Bertz CT molecular complexity index is 405. The summed E-state index contributed by atoms with van der Waals surface area (Å²) >= 11 is 1.95. The third kappa shape index (κ3) is 3.86. The first-order valence-corrected chi connectivity index (χ1v) is 8.17. The second kappa shape index (κ2) is 7.15. The molecule has 1 aromatic rings. The Morgan fingerprint density at radius 1 is 1.47 bits per heavy atom. The maximum atomic E-state index is 14.2. The maximum absolute atomic E-state index is 14.2. The molecule has 2 nitrogen and oxygen atoms in total. The van der Waals surface area contributed by atoms with E-state index in [0.717, 1.165) is 42.9 Å². The topological polar surface area (TPSA) is 15.3 Å². The summed E-state index contributed by atoms with van der Waals surface area (Å²) in [5.41, 5.74) is 1.75. The molecule has 1 unspecified atom stereocenters. The molecule has 1 fully saturated rings. The number of rotatable bonds is 6. The quantitative estimate of drug-likeness (QED) is 0.806. The minimum Gasteiger partial charge on any atom is -0.368 e. The molecule has 0 radical (unpaired) electrons. The van der Waals surface area contributed by atoms with Crippen LogP contribution in [0.4, 0.5) is 10.1 Å². The molecule has 1 aliphatic heterocycles. The van der Waals surface area contributed by atoms with Crippen molar-refractivity contribution >= 4 is 17.4 Å². The van der Waals surface area contributed by atoms with Crippen molar-refractivity contribution in [1.82, 2.24) is 5.32 Å². The molecule has 0 amide bonds. The van der Waals surface area contributed by atoms with Crippen molar-refractivity contribution in [2.75, 3.05) is 30.0 Å².